The third-order valence-corrected chi connectivity index (χ3v) is 3.50. The van der Waals surface area contributed by atoms with Crippen molar-refractivity contribution in [2.75, 3.05) is 6.54 Å². The van der Waals surface area contributed by atoms with Gasteiger partial charge in [-0.15, -0.1) is 0 Å². The lowest BCUT2D eigenvalue weighted by Crippen LogP contribution is -2.32. The van der Waals surface area contributed by atoms with E-state index in [1.807, 2.05) is 0 Å². The number of ether oxygens (including phenoxy) is 1. The van der Waals surface area contributed by atoms with E-state index < -0.39 is 6.61 Å². The smallest absolute Gasteiger partial charge is 0.387 e. The van der Waals surface area contributed by atoms with Gasteiger partial charge in [0.2, 0.25) is 5.91 Å². The summed E-state index contributed by atoms with van der Waals surface area (Å²) in [5.41, 5.74) is 0.973. The minimum Gasteiger partial charge on any atom is -0.435 e. The average Bonchev–Trinajstić information content (AvgIpc) is 2.49. The molecule has 1 aliphatic rings. The van der Waals surface area contributed by atoms with Crippen molar-refractivity contribution in [3.8, 4) is 5.75 Å². The molecule has 0 fully saturated rings. The van der Waals surface area contributed by atoms with Crippen molar-refractivity contribution in [1.82, 2.24) is 5.32 Å². The molecule has 5 heteroatoms. The van der Waals surface area contributed by atoms with Gasteiger partial charge in [-0.25, -0.2) is 0 Å². The molecule has 3 nitrogen and oxygen atoms in total. The van der Waals surface area contributed by atoms with E-state index in [0.29, 0.717) is 13.0 Å². The van der Waals surface area contributed by atoms with Crippen LogP contribution in [0.25, 0.3) is 0 Å². The molecule has 21 heavy (non-hydrogen) atoms. The molecule has 2 rings (SSSR count). The summed E-state index contributed by atoms with van der Waals surface area (Å²) in [5.74, 6) is 0.320. The SMILES string of the molecule is O=C(NCCc1ccc(OC(F)F)cc1)C1CC=CCC1. The van der Waals surface area contributed by atoms with Gasteiger partial charge in [0, 0.05) is 12.5 Å². The van der Waals surface area contributed by atoms with Crippen molar-refractivity contribution in [3.63, 3.8) is 0 Å². The molecule has 0 saturated carbocycles. The van der Waals surface area contributed by atoms with Crippen LogP contribution in [0.1, 0.15) is 24.8 Å². The number of amides is 1. The van der Waals surface area contributed by atoms with Gasteiger partial charge in [-0.2, -0.15) is 8.78 Å². The quantitative estimate of drug-likeness (QED) is 0.818. The molecular formula is C16H19F2NO2. The molecule has 0 spiro atoms. The van der Waals surface area contributed by atoms with Crippen LogP contribution in [0.4, 0.5) is 8.78 Å². The molecule has 0 radical (unpaired) electrons. The highest BCUT2D eigenvalue weighted by atomic mass is 19.3. The van der Waals surface area contributed by atoms with Crippen LogP contribution in [0.2, 0.25) is 0 Å². The molecule has 114 valence electrons. The number of hydrogen-bond donors (Lipinski definition) is 1. The monoisotopic (exact) mass is 295 g/mol. The molecule has 1 N–H and O–H groups in total. The van der Waals surface area contributed by atoms with Gasteiger partial charge < -0.3 is 10.1 Å². The zero-order valence-electron chi connectivity index (χ0n) is 11.7. The Labute approximate surface area is 123 Å². The van der Waals surface area contributed by atoms with Crippen molar-refractivity contribution in [3.05, 3.63) is 42.0 Å². The Kier molecular flexibility index (Phi) is 5.72. The zero-order valence-corrected chi connectivity index (χ0v) is 11.7. The zero-order chi connectivity index (χ0) is 15.1. The Balaban J connectivity index is 1.73. The van der Waals surface area contributed by atoms with Crippen molar-refractivity contribution in [1.29, 1.82) is 0 Å². The summed E-state index contributed by atoms with van der Waals surface area (Å²) in [7, 11) is 0. The summed E-state index contributed by atoms with van der Waals surface area (Å²) in [5, 5.41) is 2.92. The molecule has 0 saturated heterocycles. The molecule has 0 bridgehead atoms. The molecule has 1 aromatic rings. The normalized spacial score (nSPS) is 17.8. The average molecular weight is 295 g/mol. The molecule has 1 atom stereocenters. The Morgan fingerprint density at radius 2 is 2.05 bits per heavy atom. The number of alkyl halides is 2. The van der Waals surface area contributed by atoms with E-state index in [1.54, 1.807) is 12.1 Å². The highest BCUT2D eigenvalue weighted by Crippen LogP contribution is 2.18. The maximum Gasteiger partial charge on any atom is 0.387 e. The second-order valence-corrected chi connectivity index (χ2v) is 5.04. The van der Waals surface area contributed by atoms with Crippen molar-refractivity contribution >= 4 is 5.91 Å². The first-order valence-electron chi connectivity index (χ1n) is 7.11. The van der Waals surface area contributed by atoms with Crippen LogP contribution >= 0.6 is 0 Å². The second kappa shape index (κ2) is 7.76. The largest absolute Gasteiger partial charge is 0.435 e. The fraction of sp³-hybridized carbons (Fsp3) is 0.438. The van der Waals surface area contributed by atoms with Gasteiger partial charge in [0.05, 0.1) is 0 Å². The van der Waals surface area contributed by atoms with E-state index in [-0.39, 0.29) is 17.6 Å². The predicted molar refractivity (Wildman–Crippen MR) is 76.3 cm³/mol. The van der Waals surface area contributed by atoms with Crippen LogP contribution in [0.5, 0.6) is 5.75 Å². The number of allylic oxidation sites excluding steroid dienone is 2. The Morgan fingerprint density at radius 3 is 2.67 bits per heavy atom. The van der Waals surface area contributed by atoms with Crippen molar-refractivity contribution in [2.24, 2.45) is 5.92 Å². The Hall–Kier alpha value is -1.91. The molecule has 0 heterocycles. The number of hydrogen-bond acceptors (Lipinski definition) is 2. The van der Waals surface area contributed by atoms with Gasteiger partial charge in [0.1, 0.15) is 5.75 Å². The summed E-state index contributed by atoms with van der Waals surface area (Å²) in [6, 6.07) is 6.48. The number of carbonyl (C=O) groups excluding carboxylic acids is 1. The summed E-state index contributed by atoms with van der Waals surface area (Å²) in [6.45, 7) is -2.26. The van der Waals surface area contributed by atoms with E-state index >= 15 is 0 Å². The maximum absolute atomic E-state index is 12.0. The lowest BCUT2D eigenvalue weighted by Gasteiger charge is -2.17. The second-order valence-electron chi connectivity index (χ2n) is 5.04. The standard InChI is InChI=1S/C16H19F2NO2/c17-16(18)21-14-8-6-12(7-9-14)10-11-19-15(20)13-4-2-1-3-5-13/h1-2,6-9,13,16H,3-5,10-11H2,(H,19,20). The number of benzene rings is 1. The van der Waals surface area contributed by atoms with E-state index in [9.17, 15) is 13.6 Å². The first-order chi connectivity index (χ1) is 10.1. The van der Waals surface area contributed by atoms with Gasteiger partial charge in [-0.1, -0.05) is 24.3 Å². The van der Waals surface area contributed by atoms with Crippen LogP contribution in [-0.4, -0.2) is 19.1 Å². The molecule has 1 unspecified atom stereocenters. The minimum atomic E-state index is -2.81. The van der Waals surface area contributed by atoms with Gasteiger partial charge >= 0.3 is 6.61 Å². The van der Waals surface area contributed by atoms with Crippen LogP contribution < -0.4 is 10.1 Å². The highest BCUT2D eigenvalue weighted by molar-refractivity contribution is 5.78. The first-order valence-corrected chi connectivity index (χ1v) is 7.11. The summed E-state index contributed by atoms with van der Waals surface area (Å²) in [4.78, 5) is 11.9. The third kappa shape index (κ3) is 5.17. The van der Waals surface area contributed by atoms with Gasteiger partial charge in [0.15, 0.2) is 0 Å². The molecular weight excluding hydrogens is 276 g/mol. The fourth-order valence-electron chi connectivity index (χ4n) is 2.34. The van der Waals surface area contributed by atoms with Gasteiger partial charge in [-0.3, -0.25) is 4.79 Å². The summed E-state index contributed by atoms with van der Waals surface area (Å²) >= 11 is 0. The molecule has 1 aromatic carbocycles. The molecule has 1 aliphatic carbocycles. The predicted octanol–water partition coefficient (Wildman–Crippen LogP) is 3.30. The van der Waals surface area contributed by atoms with Gasteiger partial charge in [-0.05, 0) is 43.4 Å². The number of halogens is 2. The third-order valence-electron chi connectivity index (χ3n) is 3.50. The Morgan fingerprint density at radius 1 is 1.29 bits per heavy atom. The lowest BCUT2D eigenvalue weighted by molar-refractivity contribution is -0.125. The van der Waals surface area contributed by atoms with Crippen molar-refractivity contribution < 1.29 is 18.3 Å². The molecule has 0 aliphatic heterocycles. The van der Waals surface area contributed by atoms with Gasteiger partial charge in [0.25, 0.3) is 0 Å². The maximum atomic E-state index is 12.0. The van der Waals surface area contributed by atoms with Crippen LogP contribution in [0.15, 0.2) is 36.4 Å². The summed E-state index contributed by atoms with van der Waals surface area (Å²) < 4.78 is 28.3. The number of rotatable bonds is 6. The van der Waals surface area contributed by atoms with E-state index in [0.717, 1.165) is 24.8 Å². The van der Waals surface area contributed by atoms with E-state index in [4.69, 9.17) is 0 Å². The van der Waals surface area contributed by atoms with E-state index in [2.05, 4.69) is 22.2 Å². The summed E-state index contributed by atoms with van der Waals surface area (Å²) in [6.07, 6.45) is 7.50. The lowest BCUT2D eigenvalue weighted by atomic mass is 9.93. The Bertz CT molecular complexity index is 486. The topological polar surface area (TPSA) is 38.3 Å². The molecule has 1 amide bonds. The number of nitrogens with one attached hydrogen (secondary N) is 1. The van der Waals surface area contributed by atoms with E-state index in [1.165, 1.54) is 12.1 Å². The van der Waals surface area contributed by atoms with Crippen molar-refractivity contribution in [2.45, 2.75) is 32.3 Å². The first kappa shape index (κ1) is 15.5. The molecule has 0 aromatic heterocycles. The minimum absolute atomic E-state index is 0.0804. The fourth-order valence-corrected chi connectivity index (χ4v) is 2.34. The number of carbonyl (C=O) groups is 1. The van der Waals surface area contributed by atoms with Crippen LogP contribution in [-0.2, 0) is 11.2 Å². The highest BCUT2D eigenvalue weighted by Gasteiger charge is 2.17. The van der Waals surface area contributed by atoms with Crippen LogP contribution in [0, 0.1) is 5.92 Å². The van der Waals surface area contributed by atoms with Crippen LogP contribution in [0.3, 0.4) is 0 Å².